The molecule has 0 saturated heterocycles. The maximum Gasteiger partial charge on any atom is 0.00801 e. The fraction of sp³-hybridized carbons (Fsp3) is 0.733. The Hall–Kier alpha value is -0.300. The molecule has 1 rings (SSSR count). The SMILES string of the molecule is Cc1cc(CCC(C)C)c(CCC(C)C)s1. The van der Waals surface area contributed by atoms with E-state index in [-0.39, 0.29) is 0 Å². The molecule has 16 heavy (non-hydrogen) atoms. The van der Waals surface area contributed by atoms with Crippen molar-refractivity contribution < 1.29 is 0 Å². The van der Waals surface area contributed by atoms with Crippen molar-refractivity contribution in [2.45, 2.75) is 60.3 Å². The zero-order valence-electron chi connectivity index (χ0n) is 11.5. The van der Waals surface area contributed by atoms with Crippen LogP contribution in [0.4, 0.5) is 0 Å². The molecular formula is C15H26S. The lowest BCUT2D eigenvalue weighted by Gasteiger charge is -2.07. The van der Waals surface area contributed by atoms with Gasteiger partial charge in [-0.15, -0.1) is 11.3 Å². The fourth-order valence-electron chi connectivity index (χ4n) is 1.90. The van der Waals surface area contributed by atoms with Gasteiger partial charge < -0.3 is 0 Å². The van der Waals surface area contributed by atoms with Crippen LogP contribution in [0.5, 0.6) is 0 Å². The van der Waals surface area contributed by atoms with Crippen molar-refractivity contribution in [3.63, 3.8) is 0 Å². The minimum atomic E-state index is 0.818. The molecule has 0 unspecified atom stereocenters. The van der Waals surface area contributed by atoms with E-state index in [0.29, 0.717) is 0 Å². The Morgan fingerprint density at radius 3 is 2.12 bits per heavy atom. The first-order valence-electron chi connectivity index (χ1n) is 6.57. The lowest BCUT2D eigenvalue weighted by atomic mass is 10.00. The summed E-state index contributed by atoms with van der Waals surface area (Å²) in [7, 11) is 0. The second-order valence-electron chi connectivity index (χ2n) is 5.67. The summed E-state index contributed by atoms with van der Waals surface area (Å²) in [6.07, 6.45) is 5.21. The van der Waals surface area contributed by atoms with Crippen molar-refractivity contribution in [3.05, 3.63) is 21.4 Å². The molecule has 1 aromatic rings. The average Bonchev–Trinajstić information content (AvgIpc) is 2.52. The number of rotatable bonds is 6. The third kappa shape index (κ3) is 4.69. The van der Waals surface area contributed by atoms with Crippen molar-refractivity contribution >= 4 is 11.3 Å². The summed E-state index contributed by atoms with van der Waals surface area (Å²) in [4.78, 5) is 3.13. The van der Waals surface area contributed by atoms with E-state index in [1.165, 1.54) is 30.6 Å². The zero-order valence-corrected chi connectivity index (χ0v) is 12.3. The summed E-state index contributed by atoms with van der Waals surface area (Å²) >= 11 is 2.01. The highest BCUT2D eigenvalue weighted by Gasteiger charge is 2.08. The molecule has 0 N–H and O–H groups in total. The standard InChI is InChI=1S/C15H26S/c1-11(2)6-8-14-10-13(5)16-15(14)9-7-12(3)4/h10-12H,6-9H2,1-5H3. The molecule has 0 atom stereocenters. The van der Waals surface area contributed by atoms with E-state index in [0.717, 1.165) is 11.8 Å². The first-order chi connectivity index (χ1) is 7.49. The van der Waals surface area contributed by atoms with Crippen molar-refractivity contribution in [2.24, 2.45) is 11.8 Å². The third-order valence-electron chi connectivity index (χ3n) is 2.96. The lowest BCUT2D eigenvalue weighted by Crippen LogP contribution is -1.96. The highest BCUT2D eigenvalue weighted by Crippen LogP contribution is 2.26. The van der Waals surface area contributed by atoms with Crippen LogP contribution < -0.4 is 0 Å². The molecule has 1 heterocycles. The molecule has 0 spiro atoms. The van der Waals surface area contributed by atoms with E-state index in [9.17, 15) is 0 Å². The van der Waals surface area contributed by atoms with E-state index < -0.39 is 0 Å². The summed E-state index contributed by atoms with van der Waals surface area (Å²) in [5.41, 5.74) is 1.62. The monoisotopic (exact) mass is 238 g/mol. The van der Waals surface area contributed by atoms with Crippen molar-refractivity contribution in [3.8, 4) is 0 Å². The topological polar surface area (TPSA) is 0 Å². The summed E-state index contributed by atoms with van der Waals surface area (Å²) in [5, 5.41) is 0. The molecule has 0 bridgehead atoms. The van der Waals surface area contributed by atoms with Crippen LogP contribution in [0.1, 0.15) is 55.9 Å². The van der Waals surface area contributed by atoms with Gasteiger partial charge in [0, 0.05) is 9.75 Å². The number of hydrogen-bond donors (Lipinski definition) is 0. The predicted octanol–water partition coefficient (Wildman–Crippen LogP) is 5.23. The van der Waals surface area contributed by atoms with Gasteiger partial charge in [-0.05, 0) is 56.1 Å². The first-order valence-corrected chi connectivity index (χ1v) is 7.39. The zero-order chi connectivity index (χ0) is 12.1. The predicted molar refractivity (Wildman–Crippen MR) is 75.4 cm³/mol. The number of aryl methyl sites for hydroxylation is 3. The van der Waals surface area contributed by atoms with Gasteiger partial charge in [0.25, 0.3) is 0 Å². The highest BCUT2D eigenvalue weighted by atomic mass is 32.1. The van der Waals surface area contributed by atoms with Crippen molar-refractivity contribution in [1.82, 2.24) is 0 Å². The van der Waals surface area contributed by atoms with Crippen LogP contribution in [0, 0.1) is 18.8 Å². The molecule has 0 fully saturated rings. The second kappa shape index (κ2) is 6.44. The third-order valence-corrected chi connectivity index (χ3v) is 4.11. The van der Waals surface area contributed by atoms with Crippen LogP contribution in [0.15, 0.2) is 6.07 Å². The maximum atomic E-state index is 2.41. The summed E-state index contributed by atoms with van der Waals surface area (Å²) < 4.78 is 0. The molecular weight excluding hydrogens is 212 g/mol. The van der Waals surface area contributed by atoms with Gasteiger partial charge >= 0.3 is 0 Å². The smallest absolute Gasteiger partial charge is 0.00801 e. The molecule has 0 aliphatic rings. The first kappa shape index (κ1) is 13.8. The molecule has 1 heteroatoms. The molecule has 0 saturated carbocycles. The minimum absolute atomic E-state index is 0.818. The summed E-state index contributed by atoms with van der Waals surface area (Å²) in [6.45, 7) is 11.5. The van der Waals surface area contributed by atoms with Gasteiger partial charge in [0.15, 0.2) is 0 Å². The van der Waals surface area contributed by atoms with Crippen LogP contribution >= 0.6 is 11.3 Å². The van der Waals surface area contributed by atoms with Crippen LogP contribution in [-0.2, 0) is 12.8 Å². The molecule has 92 valence electrons. The molecule has 0 amide bonds. The van der Waals surface area contributed by atoms with Crippen LogP contribution in [0.3, 0.4) is 0 Å². The van der Waals surface area contributed by atoms with E-state index in [2.05, 4.69) is 40.7 Å². The maximum absolute atomic E-state index is 2.41. The quantitative estimate of drug-likeness (QED) is 0.636. The van der Waals surface area contributed by atoms with E-state index in [1.807, 2.05) is 11.3 Å². The van der Waals surface area contributed by atoms with Crippen LogP contribution in [0.2, 0.25) is 0 Å². The lowest BCUT2D eigenvalue weighted by molar-refractivity contribution is 0.574. The van der Waals surface area contributed by atoms with Crippen LogP contribution in [-0.4, -0.2) is 0 Å². The average molecular weight is 238 g/mol. The second-order valence-corrected chi connectivity index (χ2v) is 7.01. The fourth-order valence-corrected chi connectivity index (χ4v) is 3.00. The van der Waals surface area contributed by atoms with Gasteiger partial charge in [-0.25, -0.2) is 0 Å². The number of thiophene rings is 1. The molecule has 0 radical (unpaired) electrons. The van der Waals surface area contributed by atoms with Crippen LogP contribution in [0.25, 0.3) is 0 Å². The summed E-state index contributed by atoms with van der Waals surface area (Å²) in [5.74, 6) is 1.64. The number of hydrogen-bond acceptors (Lipinski definition) is 1. The Labute approximate surface area is 105 Å². The molecule has 0 aliphatic carbocycles. The Kier molecular flexibility index (Phi) is 5.54. The van der Waals surface area contributed by atoms with Crippen molar-refractivity contribution in [1.29, 1.82) is 0 Å². The Bertz CT molecular complexity index is 278. The van der Waals surface area contributed by atoms with Gasteiger partial charge in [0.1, 0.15) is 0 Å². The largest absolute Gasteiger partial charge is 0.145 e. The van der Waals surface area contributed by atoms with Gasteiger partial charge in [0.2, 0.25) is 0 Å². The molecule has 1 aromatic heterocycles. The van der Waals surface area contributed by atoms with Crippen molar-refractivity contribution in [2.75, 3.05) is 0 Å². The Morgan fingerprint density at radius 2 is 1.56 bits per heavy atom. The molecule has 0 aliphatic heterocycles. The highest BCUT2D eigenvalue weighted by molar-refractivity contribution is 7.12. The molecule has 0 aromatic carbocycles. The Balaban J connectivity index is 2.60. The van der Waals surface area contributed by atoms with Gasteiger partial charge in [-0.1, -0.05) is 27.7 Å². The van der Waals surface area contributed by atoms with E-state index >= 15 is 0 Å². The Morgan fingerprint density at radius 1 is 1.00 bits per heavy atom. The van der Waals surface area contributed by atoms with E-state index in [1.54, 1.807) is 10.4 Å². The van der Waals surface area contributed by atoms with Gasteiger partial charge in [0.05, 0.1) is 0 Å². The minimum Gasteiger partial charge on any atom is -0.145 e. The van der Waals surface area contributed by atoms with Gasteiger partial charge in [-0.2, -0.15) is 0 Å². The van der Waals surface area contributed by atoms with E-state index in [4.69, 9.17) is 0 Å². The normalized spacial score (nSPS) is 11.7. The summed E-state index contributed by atoms with van der Waals surface area (Å²) in [6, 6.07) is 2.41. The molecule has 0 nitrogen and oxygen atoms in total. The van der Waals surface area contributed by atoms with Gasteiger partial charge in [-0.3, -0.25) is 0 Å².